The van der Waals surface area contributed by atoms with Crippen molar-refractivity contribution in [2.75, 3.05) is 46.3 Å². The molecule has 1 atom stereocenters. The number of nitrogens with two attached hydrogens (primary N) is 1. The molecule has 0 aliphatic carbocycles. The van der Waals surface area contributed by atoms with Crippen LogP contribution in [0.2, 0.25) is 0 Å². The lowest BCUT2D eigenvalue weighted by Gasteiger charge is -2.31. The van der Waals surface area contributed by atoms with E-state index in [1.165, 1.54) is 15.3 Å². The largest absolute Gasteiger partial charge is 0.354 e. The summed E-state index contributed by atoms with van der Waals surface area (Å²) in [6, 6.07) is 14.7. The molecule has 1 aliphatic rings. The number of amides is 2. The van der Waals surface area contributed by atoms with Crippen LogP contribution < -0.4 is 15.5 Å². The normalized spacial score (nSPS) is 16.1. The van der Waals surface area contributed by atoms with E-state index in [9.17, 15) is 9.59 Å². The van der Waals surface area contributed by atoms with Crippen LogP contribution in [-0.2, 0) is 9.59 Å². The molecule has 144 valence electrons. The van der Waals surface area contributed by atoms with Crippen molar-refractivity contribution in [1.29, 1.82) is 0 Å². The molecule has 2 aromatic rings. The lowest BCUT2D eigenvalue weighted by Crippen LogP contribution is -3.16. The molecule has 6 nitrogen and oxygen atoms in total. The highest BCUT2D eigenvalue weighted by molar-refractivity contribution is 7.10. The molecule has 2 amide bonds. The van der Waals surface area contributed by atoms with Crippen molar-refractivity contribution in [3.8, 4) is 0 Å². The number of nitrogens with zero attached hydrogens (tertiary/aromatic N) is 1. The molecule has 1 saturated heterocycles. The second-order valence-electron chi connectivity index (χ2n) is 6.82. The third-order valence-electron chi connectivity index (χ3n) is 5.05. The highest BCUT2D eigenvalue weighted by Gasteiger charge is 2.27. The minimum Gasteiger partial charge on any atom is -0.354 e. The van der Waals surface area contributed by atoms with Crippen molar-refractivity contribution < 1.29 is 19.8 Å². The Morgan fingerprint density at radius 2 is 1.93 bits per heavy atom. The van der Waals surface area contributed by atoms with Crippen LogP contribution in [-0.4, -0.2) is 63.0 Å². The van der Waals surface area contributed by atoms with E-state index in [2.05, 4.69) is 40.3 Å². The van der Waals surface area contributed by atoms with Crippen molar-refractivity contribution in [3.05, 3.63) is 58.3 Å². The van der Waals surface area contributed by atoms with Gasteiger partial charge in [-0.25, -0.2) is 0 Å². The summed E-state index contributed by atoms with van der Waals surface area (Å²) in [5.74, 6) is 0.228. The molecular weight excluding hydrogens is 360 g/mol. The number of rotatable bonds is 7. The lowest BCUT2D eigenvalue weighted by atomic mass is 10.1. The summed E-state index contributed by atoms with van der Waals surface area (Å²) < 4.78 is 0. The molecule has 4 N–H and O–H groups in total. The van der Waals surface area contributed by atoms with Gasteiger partial charge in [0, 0.05) is 12.6 Å². The Balaban J connectivity index is 1.54. The third-order valence-corrected chi connectivity index (χ3v) is 6.00. The SMILES string of the molecule is CNC(=O)C[NH+]1CCN(C(=O)C[NH2+][C@@H](c2ccccc2)c2cccs2)CC1. The van der Waals surface area contributed by atoms with Crippen LogP contribution in [0.4, 0.5) is 0 Å². The van der Waals surface area contributed by atoms with E-state index < -0.39 is 0 Å². The van der Waals surface area contributed by atoms with Gasteiger partial charge >= 0.3 is 0 Å². The van der Waals surface area contributed by atoms with Gasteiger partial charge in [-0.05, 0) is 11.4 Å². The highest BCUT2D eigenvalue weighted by Crippen LogP contribution is 2.22. The number of quaternary nitrogens is 2. The standard InChI is InChI=1S/C20H26N4O2S/c1-21-18(25)15-23-9-11-24(12-10-23)19(26)14-22-20(17-8-5-13-27-17)16-6-3-2-4-7-16/h2-8,13,20,22H,9-12,14-15H2,1H3,(H,21,25)/p+2/t20-/m0/s1. The lowest BCUT2D eigenvalue weighted by molar-refractivity contribution is -0.896. The van der Waals surface area contributed by atoms with Crippen LogP contribution in [0.5, 0.6) is 0 Å². The summed E-state index contributed by atoms with van der Waals surface area (Å²) in [7, 11) is 1.66. The van der Waals surface area contributed by atoms with E-state index in [4.69, 9.17) is 0 Å². The zero-order valence-corrected chi connectivity index (χ0v) is 16.5. The number of carbonyl (C=O) groups excluding carboxylic acids is 2. The predicted molar refractivity (Wildman–Crippen MR) is 106 cm³/mol. The fraction of sp³-hybridized carbons (Fsp3) is 0.400. The summed E-state index contributed by atoms with van der Waals surface area (Å²) in [5, 5.41) is 6.87. The number of likely N-dealkylation sites (N-methyl/N-ethyl adjacent to an activating group) is 1. The Morgan fingerprint density at radius 1 is 1.19 bits per heavy atom. The van der Waals surface area contributed by atoms with Gasteiger partial charge < -0.3 is 20.4 Å². The van der Waals surface area contributed by atoms with Crippen LogP contribution in [0, 0.1) is 0 Å². The van der Waals surface area contributed by atoms with Crippen LogP contribution in [0.1, 0.15) is 16.5 Å². The van der Waals surface area contributed by atoms with E-state index >= 15 is 0 Å². The van der Waals surface area contributed by atoms with Crippen molar-refractivity contribution >= 4 is 23.2 Å². The Labute approximate surface area is 164 Å². The number of piperazine rings is 1. The number of benzene rings is 1. The molecule has 0 radical (unpaired) electrons. The van der Waals surface area contributed by atoms with Crippen molar-refractivity contribution in [3.63, 3.8) is 0 Å². The monoisotopic (exact) mass is 388 g/mol. The number of hydrogen-bond acceptors (Lipinski definition) is 3. The van der Waals surface area contributed by atoms with Gasteiger partial charge in [0.25, 0.3) is 11.8 Å². The summed E-state index contributed by atoms with van der Waals surface area (Å²) in [4.78, 5) is 28.6. The Hall–Kier alpha value is -2.22. The van der Waals surface area contributed by atoms with E-state index in [-0.39, 0.29) is 17.9 Å². The van der Waals surface area contributed by atoms with Gasteiger partial charge in [0.15, 0.2) is 13.1 Å². The molecule has 0 unspecified atom stereocenters. The summed E-state index contributed by atoms with van der Waals surface area (Å²) in [6.45, 7) is 4.00. The molecule has 0 bridgehead atoms. The fourth-order valence-electron chi connectivity index (χ4n) is 3.46. The predicted octanol–water partition coefficient (Wildman–Crippen LogP) is -1.13. The maximum atomic E-state index is 12.7. The van der Waals surface area contributed by atoms with Gasteiger partial charge in [0.05, 0.1) is 31.1 Å². The molecule has 0 saturated carbocycles. The number of nitrogens with one attached hydrogen (secondary N) is 2. The number of carbonyl (C=O) groups is 2. The van der Waals surface area contributed by atoms with Gasteiger partial charge in [-0.15, -0.1) is 11.3 Å². The molecule has 1 aromatic carbocycles. The number of thiophene rings is 1. The van der Waals surface area contributed by atoms with Crippen molar-refractivity contribution in [2.24, 2.45) is 0 Å². The smallest absolute Gasteiger partial charge is 0.278 e. The van der Waals surface area contributed by atoms with Gasteiger partial charge in [-0.3, -0.25) is 9.59 Å². The first-order valence-electron chi connectivity index (χ1n) is 9.41. The van der Waals surface area contributed by atoms with Gasteiger partial charge in [-0.2, -0.15) is 0 Å². The average Bonchev–Trinajstić information content (AvgIpc) is 3.24. The van der Waals surface area contributed by atoms with E-state index in [1.807, 2.05) is 23.1 Å². The Kier molecular flexibility index (Phi) is 6.98. The Bertz CT molecular complexity index is 728. The molecule has 7 heteroatoms. The van der Waals surface area contributed by atoms with E-state index in [0.29, 0.717) is 26.2 Å². The van der Waals surface area contributed by atoms with Crippen LogP contribution >= 0.6 is 11.3 Å². The first kappa shape index (κ1) is 19.5. The quantitative estimate of drug-likeness (QED) is 0.562. The van der Waals surface area contributed by atoms with Gasteiger partial charge in [0.2, 0.25) is 0 Å². The fourth-order valence-corrected chi connectivity index (χ4v) is 4.31. The summed E-state index contributed by atoms with van der Waals surface area (Å²) >= 11 is 1.72. The van der Waals surface area contributed by atoms with Crippen molar-refractivity contribution in [1.82, 2.24) is 10.2 Å². The number of hydrogen-bond donors (Lipinski definition) is 3. The molecule has 2 heterocycles. The molecule has 1 aromatic heterocycles. The molecule has 1 fully saturated rings. The zero-order valence-electron chi connectivity index (χ0n) is 15.7. The maximum absolute atomic E-state index is 12.7. The molecule has 0 spiro atoms. The van der Waals surface area contributed by atoms with E-state index in [1.54, 1.807) is 18.4 Å². The molecular formula is C20H28N4O2S+2. The minimum absolute atomic E-state index is 0.0553. The van der Waals surface area contributed by atoms with Crippen LogP contribution in [0.25, 0.3) is 0 Å². The molecule has 27 heavy (non-hydrogen) atoms. The second-order valence-corrected chi connectivity index (χ2v) is 7.80. The highest BCUT2D eigenvalue weighted by atomic mass is 32.1. The van der Waals surface area contributed by atoms with Crippen molar-refractivity contribution in [2.45, 2.75) is 6.04 Å². The van der Waals surface area contributed by atoms with E-state index in [0.717, 1.165) is 13.1 Å². The molecule has 1 aliphatic heterocycles. The van der Waals surface area contributed by atoms with Crippen LogP contribution in [0.15, 0.2) is 47.8 Å². The second kappa shape index (κ2) is 9.64. The van der Waals surface area contributed by atoms with Gasteiger partial charge in [-0.1, -0.05) is 36.4 Å². The first-order chi connectivity index (χ1) is 13.2. The zero-order chi connectivity index (χ0) is 19.1. The minimum atomic E-state index is 0.0553. The Morgan fingerprint density at radius 3 is 2.56 bits per heavy atom. The topological polar surface area (TPSA) is 70.5 Å². The third kappa shape index (κ3) is 5.38. The average molecular weight is 389 g/mol. The first-order valence-corrected chi connectivity index (χ1v) is 10.3. The molecule has 3 rings (SSSR count). The van der Waals surface area contributed by atoms with Crippen LogP contribution in [0.3, 0.4) is 0 Å². The summed E-state index contributed by atoms with van der Waals surface area (Å²) in [5.41, 5.74) is 1.22. The van der Waals surface area contributed by atoms with Gasteiger partial charge in [0.1, 0.15) is 6.04 Å². The maximum Gasteiger partial charge on any atom is 0.278 e. The summed E-state index contributed by atoms with van der Waals surface area (Å²) in [6.07, 6.45) is 0.